The van der Waals surface area contributed by atoms with E-state index in [1.165, 1.54) is 17.7 Å². The lowest BCUT2D eigenvalue weighted by molar-refractivity contribution is -0.136. The molecule has 9 heteroatoms. The number of carboxylic acids is 1. The van der Waals surface area contributed by atoms with Crippen LogP contribution in [-0.2, 0) is 40.5 Å². The normalized spacial score (nSPS) is 11.6. The Hall–Kier alpha value is -2.91. The number of carboxylic acid groups (broad SMARTS) is 1. The van der Waals surface area contributed by atoms with Gasteiger partial charge in [-0.2, -0.15) is 0 Å². The summed E-state index contributed by atoms with van der Waals surface area (Å²) in [4.78, 5) is 13.5. The van der Waals surface area contributed by atoms with Gasteiger partial charge in [-0.15, -0.1) is 0 Å². The van der Waals surface area contributed by atoms with Crippen LogP contribution in [0, 0.1) is 0 Å². The molecule has 0 unspecified atom stereocenters. The number of sulfonamides is 1. The number of aliphatic carboxylic acids is 1. The van der Waals surface area contributed by atoms with Gasteiger partial charge in [-0.3, -0.25) is 4.79 Å². The fourth-order valence-corrected chi connectivity index (χ4v) is 5.61. The number of halogens is 1. The van der Waals surface area contributed by atoms with Crippen LogP contribution in [0.1, 0.15) is 41.5 Å². The Morgan fingerprint density at radius 1 is 0.900 bits per heavy atom. The van der Waals surface area contributed by atoms with Gasteiger partial charge in [-0.25, -0.2) is 13.1 Å². The van der Waals surface area contributed by atoms with Crippen LogP contribution >= 0.6 is 11.6 Å². The lowest BCUT2D eigenvalue weighted by atomic mass is 9.96. The van der Waals surface area contributed by atoms with Crippen molar-refractivity contribution < 1.29 is 23.1 Å². The van der Waals surface area contributed by atoms with Crippen LogP contribution in [-0.4, -0.2) is 58.2 Å². The van der Waals surface area contributed by atoms with Crippen LogP contribution in [0.5, 0.6) is 5.75 Å². The van der Waals surface area contributed by atoms with Crippen molar-refractivity contribution in [1.29, 1.82) is 0 Å². The van der Waals surface area contributed by atoms with Gasteiger partial charge >= 0.3 is 5.97 Å². The summed E-state index contributed by atoms with van der Waals surface area (Å²) in [5, 5.41) is 9.64. The summed E-state index contributed by atoms with van der Waals surface area (Å²) < 4.78 is 34.0. The third kappa shape index (κ3) is 10.9. The second kappa shape index (κ2) is 15.8. The molecule has 2 N–H and O–H groups in total. The predicted octanol–water partition coefficient (Wildman–Crippen LogP) is 5.38. The second-order valence-corrected chi connectivity index (χ2v) is 12.3. The maximum absolute atomic E-state index is 12.6. The standard InChI is InChI=1S/C31H39ClN2O5S/c1-34(2)19-6-20-39-30-10-4-3-8-27(30)9-5-7-24-21-25(11-16-31(35)36)23-26(22-24)17-18-33-40(37,38)29-14-12-28(32)13-15-29/h3-4,8,10,12-15,21-23,33H,5-7,9,11,16-20H2,1-2H3,(H,35,36). The number of rotatable bonds is 17. The molecule has 0 atom stereocenters. The minimum atomic E-state index is -3.65. The van der Waals surface area contributed by atoms with E-state index in [-0.39, 0.29) is 17.9 Å². The van der Waals surface area contributed by atoms with Crippen molar-refractivity contribution in [3.05, 3.63) is 94.0 Å². The summed E-state index contributed by atoms with van der Waals surface area (Å²) in [5.74, 6) is 0.0787. The lowest BCUT2D eigenvalue weighted by Crippen LogP contribution is -2.26. The molecule has 7 nitrogen and oxygen atoms in total. The van der Waals surface area contributed by atoms with E-state index >= 15 is 0 Å². The zero-order chi connectivity index (χ0) is 29.0. The van der Waals surface area contributed by atoms with Crippen LogP contribution in [0.2, 0.25) is 5.02 Å². The molecule has 0 aliphatic heterocycles. The number of ether oxygens (including phenoxy) is 1. The number of para-hydroxylation sites is 1. The molecule has 3 aromatic carbocycles. The van der Waals surface area contributed by atoms with Crippen molar-refractivity contribution in [1.82, 2.24) is 9.62 Å². The number of benzene rings is 3. The van der Waals surface area contributed by atoms with E-state index in [0.29, 0.717) is 24.5 Å². The Morgan fingerprint density at radius 3 is 2.23 bits per heavy atom. The van der Waals surface area contributed by atoms with E-state index in [9.17, 15) is 13.2 Å². The fourth-order valence-electron chi connectivity index (χ4n) is 4.45. The Labute approximate surface area is 243 Å². The van der Waals surface area contributed by atoms with Crippen molar-refractivity contribution in [2.45, 2.75) is 49.8 Å². The van der Waals surface area contributed by atoms with Crippen molar-refractivity contribution in [2.24, 2.45) is 0 Å². The molecule has 0 saturated carbocycles. The van der Waals surface area contributed by atoms with Gasteiger partial charge in [0.15, 0.2) is 0 Å². The highest BCUT2D eigenvalue weighted by Gasteiger charge is 2.13. The number of hydrogen-bond acceptors (Lipinski definition) is 5. The van der Waals surface area contributed by atoms with E-state index in [0.717, 1.165) is 54.7 Å². The number of nitrogens with one attached hydrogen (secondary N) is 1. The summed E-state index contributed by atoms with van der Waals surface area (Å²) in [6.07, 6.45) is 4.51. The zero-order valence-corrected chi connectivity index (χ0v) is 24.8. The molecular weight excluding hydrogens is 548 g/mol. The minimum absolute atomic E-state index is 0.0463. The van der Waals surface area contributed by atoms with E-state index in [1.54, 1.807) is 12.1 Å². The van der Waals surface area contributed by atoms with Crippen LogP contribution in [0.15, 0.2) is 71.6 Å². The van der Waals surface area contributed by atoms with Gasteiger partial charge < -0.3 is 14.7 Å². The summed E-state index contributed by atoms with van der Waals surface area (Å²) in [6, 6.07) is 20.3. The molecule has 0 spiro atoms. The lowest BCUT2D eigenvalue weighted by Gasteiger charge is -2.14. The zero-order valence-electron chi connectivity index (χ0n) is 23.2. The van der Waals surface area contributed by atoms with Gasteiger partial charge in [0.2, 0.25) is 10.0 Å². The molecule has 216 valence electrons. The molecular formula is C31H39ClN2O5S. The third-order valence-electron chi connectivity index (χ3n) is 6.46. The molecule has 3 aromatic rings. The maximum atomic E-state index is 12.6. The highest BCUT2D eigenvalue weighted by Crippen LogP contribution is 2.22. The van der Waals surface area contributed by atoms with Crippen LogP contribution in [0.3, 0.4) is 0 Å². The molecule has 40 heavy (non-hydrogen) atoms. The Bertz CT molecular complexity index is 1340. The summed E-state index contributed by atoms with van der Waals surface area (Å²) in [5.41, 5.74) is 4.20. The summed E-state index contributed by atoms with van der Waals surface area (Å²) >= 11 is 5.87. The number of nitrogens with zero attached hydrogens (tertiary/aromatic N) is 1. The topological polar surface area (TPSA) is 95.9 Å². The molecule has 0 radical (unpaired) electrons. The SMILES string of the molecule is CN(C)CCCOc1ccccc1CCCc1cc(CCNS(=O)(=O)c2ccc(Cl)cc2)cc(CCC(=O)O)c1. The Kier molecular flexibility index (Phi) is 12.5. The van der Waals surface area contributed by atoms with Crippen LogP contribution in [0.4, 0.5) is 0 Å². The second-order valence-electron chi connectivity index (χ2n) is 10.1. The molecule has 0 aliphatic rings. The third-order valence-corrected chi connectivity index (χ3v) is 8.19. The van der Waals surface area contributed by atoms with Gasteiger partial charge in [0, 0.05) is 24.5 Å². The molecule has 0 bridgehead atoms. The van der Waals surface area contributed by atoms with Gasteiger partial charge in [0.05, 0.1) is 11.5 Å². The van der Waals surface area contributed by atoms with Gasteiger partial charge in [0.25, 0.3) is 0 Å². The van der Waals surface area contributed by atoms with E-state index in [2.05, 4.69) is 41.9 Å². The highest BCUT2D eigenvalue weighted by atomic mass is 35.5. The number of hydrogen-bond donors (Lipinski definition) is 2. The Morgan fingerprint density at radius 2 is 1.55 bits per heavy atom. The molecule has 0 fully saturated rings. The largest absolute Gasteiger partial charge is 0.493 e. The molecule has 0 aromatic heterocycles. The molecule has 0 heterocycles. The fraction of sp³-hybridized carbons (Fsp3) is 0.387. The van der Waals surface area contributed by atoms with Crippen molar-refractivity contribution in [3.63, 3.8) is 0 Å². The molecule has 0 amide bonds. The van der Waals surface area contributed by atoms with Gasteiger partial charge in [-0.1, -0.05) is 48.0 Å². The average molecular weight is 587 g/mol. The molecule has 0 aliphatic carbocycles. The van der Waals surface area contributed by atoms with Crippen molar-refractivity contribution in [2.75, 3.05) is 33.8 Å². The van der Waals surface area contributed by atoms with Gasteiger partial charge in [0.1, 0.15) is 5.75 Å². The highest BCUT2D eigenvalue weighted by molar-refractivity contribution is 7.89. The van der Waals surface area contributed by atoms with E-state index in [1.807, 2.05) is 24.3 Å². The first-order valence-corrected chi connectivity index (χ1v) is 15.4. The first kappa shape index (κ1) is 31.6. The maximum Gasteiger partial charge on any atom is 0.303 e. The summed E-state index contributed by atoms with van der Waals surface area (Å²) in [6.45, 7) is 1.88. The Balaban J connectivity index is 1.62. The minimum Gasteiger partial charge on any atom is -0.493 e. The predicted molar refractivity (Wildman–Crippen MR) is 160 cm³/mol. The number of carbonyl (C=O) groups is 1. The molecule has 0 saturated heterocycles. The van der Waals surface area contributed by atoms with Crippen molar-refractivity contribution in [3.8, 4) is 5.75 Å². The quantitative estimate of drug-likeness (QED) is 0.206. The first-order chi connectivity index (χ1) is 19.1. The van der Waals surface area contributed by atoms with E-state index < -0.39 is 16.0 Å². The first-order valence-electron chi connectivity index (χ1n) is 13.6. The van der Waals surface area contributed by atoms with Crippen LogP contribution < -0.4 is 9.46 Å². The van der Waals surface area contributed by atoms with E-state index in [4.69, 9.17) is 21.4 Å². The average Bonchev–Trinajstić information content (AvgIpc) is 2.91. The monoisotopic (exact) mass is 586 g/mol. The van der Waals surface area contributed by atoms with Crippen molar-refractivity contribution >= 4 is 27.6 Å². The van der Waals surface area contributed by atoms with Gasteiger partial charge in [-0.05, 0) is 105 Å². The summed E-state index contributed by atoms with van der Waals surface area (Å²) in [7, 11) is 0.452. The number of aryl methyl sites for hydroxylation is 3. The molecule has 3 rings (SSSR count). The van der Waals surface area contributed by atoms with Crippen LogP contribution in [0.25, 0.3) is 0 Å². The smallest absolute Gasteiger partial charge is 0.303 e.